The van der Waals surface area contributed by atoms with E-state index in [1.807, 2.05) is 0 Å². The zero-order chi connectivity index (χ0) is 24.9. The van der Waals surface area contributed by atoms with Crippen molar-refractivity contribution < 1.29 is 19.8 Å². The minimum atomic E-state index is -0.677. The van der Waals surface area contributed by atoms with Gasteiger partial charge in [0.25, 0.3) is 0 Å². The number of aliphatic carboxylic acids is 1. The summed E-state index contributed by atoms with van der Waals surface area (Å²) in [7, 11) is 0. The Morgan fingerprint density at radius 3 is 2.29 bits per heavy atom. The number of carbonyl (C=O) groups excluding carboxylic acids is 1. The average molecular weight is 471 g/mol. The van der Waals surface area contributed by atoms with Crippen LogP contribution in [0.3, 0.4) is 0 Å². The maximum Gasteiger partial charge on any atom is 0.310 e. The van der Waals surface area contributed by atoms with Gasteiger partial charge in [-0.2, -0.15) is 0 Å². The monoisotopic (exact) mass is 470 g/mol. The maximum absolute atomic E-state index is 12.9. The molecule has 0 aromatic rings. The van der Waals surface area contributed by atoms with Gasteiger partial charge in [-0.3, -0.25) is 9.59 Å². The topological polar surface area (TPSA) is 74.6 Å². The summed E-state index contributed by atoms with van der Waals surface area (Å²) in [6, 6.07) is 0. The molecular formula is C30H46O4. The molecule has 0 heterocycles. The van der Waals surface area contributed by atoms with Crippen molar-refractivity contribution in [1.29, 1.82) is 0 Å². The molecular weight excluding hydrogens is 424 g/mol. The second kappa shape index (κ2) is 7.20. The van der Waals surface area contributed by atoms with Gasteiger partial charge < -0.3 is 10.2 Å². The van der Waals surface area contributed by atoms with Gasteiger partial charge in [-0.1, -0.05) is 53.2 Å². The number of carboxylic acid groups (broad SMARTS) is 1. The first-order valence-corrected chi connectivity index (χ1v) is 13.8. The van der Waals surface area contributed by atoms with Crippen LogP contribution in [0.15, 0.2) is 11.6 Å². The van der Waals surface area contributed by atoms with Crippen LogP contribution < -0.4 is 0 Å². The molecule has 8 unspecified atom stereocenters. The lowest BCUT2D eigenvalue weighted by Crippen LogP contribution is -2.64. The second-order valence-electron chi connectivity index (χ2n) is 14.6. The Kier molecular flexibility index (Phi) is 5.20. The minimum Gasteiger partial charge on any atom is -0.481 e. The van der Waals surface area contributed by atoms with E-state index < -0.39 is 11.4 Å². The fraction of sp³-hybridized carbons (Fsp3) is 0.867. The molecule has 0 aliphatic heterocycles. The van der Waals surface area contributed by atoms with Crippen LogP contribution in [0, 0.1) is 50.2 Å². The van der Waals surface area contributed by atoms with Gasteiger partial charge in [0.15, 0.2) is 0 Å². The molecule has 4 saturated carbocycles. The van der Waals surface area contributed by atoms with Crippen molar-refractivity contribution in [3.8, 4) is 0 Å². The molecule has 2 N–H and O–H groups in total. The number of aliphatic hydroxyl groups is 1. The van der Waals surface area contributed by atoms with Gasteiger partial charge in [-0.05, 0) is 97.2 Å². The molecule has 0 aromatic carbocycles. The highest BCUT2D eigenvalue weighted by atomic mass is 16.4. The number of fused-ring (bicyclic) bond motifs is 7. The molecule has 5 aliphatic rings. The van der Waals surface area contributed by atoms with Crippen molar-refractivity contribution in [2.75, 3.05) is 6.61 Å². The molecule has 4 heteroatoms. The van der Waals surface area contributed by atoms with E-state index in [2.05, 4.69) is 47.6 Å². The highest BCUT2D eigenvalue weighted by Crippen LogP contribution is 2.75. The number of allylic oxidation sites excluding steroid dienone is 2. The van der Waals surface area contributed by atoms with E-state index in [4.69, 9.17) is 0 Å². The number of carbonyl (C=O) groups is 2. The van der Waals surface area contributed by atoms with Crippen LogP contribution in [0.2, 0.25) is 0 Å². The largest absolute Gasteiger partial charge is 0.481 e. The molecule has 0 saturated heterocycles. The lowest BCUT2D eigenvalue weighted by molar-refractivity contribution is -0.190. The Bertz CT molecular complexity index is 949. The van der Waals surface area contributed by atoms with Gasteiger partial charge in [-0.25, -0.2) is 0 Å². The first kappa shape index (κ1) is 24.5. The van der Waals surface area contributed by atoms with Crippen LogP contribution in [-0.4, -0.2) is 28.6 Å². The summed E-state index contributed by atoms with van der Waals surface area (Å²) in [5, 5.41) is 20.7. The number of carboxylic acids is 1. The Morgan fingerprint density at radius 2 is 1.65 bits per heavy atom. The number of Topliss-reactive ketones (excluding diaryl/α,β-unsaturated/α-hetero) is 1. The number of hydrogen-bond acceptors (Lipinski definition) is 3. The highest BCUT2D eigenvalue weighted by Gasteiger charge is 2.69. The third-order valence-electron chi connectivity index (χ3n) is 13.1. The van der Waals surface area contributed by atoms with E-state index >= 15 is 0 Å². The van der Waals surface area contributed by atoms with Gasteiger partial charge in [0, 0.05) is 18.4 Å². The Labute approximate surface area is 206 Å². The first-order chi connectivity index (χ1) is 15.7. The lowest BCUT2D eigenvalue weighted by atomic mass is 9.33. The molecule has 5 rings (SSSR count). The fourth-order valence-corrected chi connectivity index (χ4v) is 10.5. The predicted molar refractivity (Wildman–Crippen MR) is 133 cm³/mol. The molecule has 0 spiro atoms. The molecule has 0 amide bonds. The van der Waals surface area contributed by atoms with Crippen molar-refractivity contribution in [3.05, 3.63) is 11.6 Å². The van der Waals surface area contributed by atoms with Crippen LogP contribution in [0.25, 0.3) is 0 Å². The lowest BCUT2D eigenvalue weighted by Gasteiger charge is -2.70. The summed E-state index contributed by atoms with van der Waals surface area (Å²) in [4.78, 5) is 25.7. The average Bonchev–Trinajstić information content (AvgIpc) is 2.77. The number of hydrogen-bond donors (Lipinski definition) is 2. The third-order valence-corrected chi connectivity index (χ3v) is 13.1. The third kappa shape index (κ3) is 2.81. The molecule has 0 aromatic heterocycles. The standard InChI is InChI=1S/C30H46O4/c1-25(2)21-9-12-29(6)22(27(21,4)11-10-23(25)32)8-7-19-20-17-26(3,18-31)13-15-30(20,24(33)34)16-14-28(19,29)5/h7,20-22,31H,8-18H2,1-6H3,(H,33,34). The van der Waals surface area contributed by atoms with E-state index in [9.17, 15) is 19.8 Å². The van der Waals surface area contributed by atoms with Gasteiger partial charge in [0.2, 0.25) is 0 Å². The molecule has 0 radical (unpaired) electrons. The van der Waals surface area contributed by atoms with Gasteiger partial charge in [-0.15, -0.1) is 0 Å². The van der Waals surface area contributed by atoms with E-state index in [0.717, 1.165) is 51.4 Å². The van der Waals surface area contributed by atoms with Crippen LogP contribution in [0.1, 0.15) is 106 Å². The summed E-state index contributed by atoms with van der Waals surface area (Å²) in [5.41, 5.74) is 0.497. The molecule has 4 fully saturated rings. The van der Waals surface area contributed by atoms with E-state index in [-0.39, 0.29) is 39.6 Å². The second-order valence-corrected chi connectivity index (χ2v) is 14.6. The Hall–Kier alpha value is -1.16. The van der Waals surface area contributed by atoms with Crippen LogP contribution >= 0.6 is 0 Å². The SMILES string of the molecule is CC1(CO)CCC2(C(=O)O)CCC3(C)C(=CCC4C5(C)CCC(=O)C(C)(C)C5CCC43C)C2C1. The van der Waals surface area contributed by atoms with Crippen LogP contribution in [0.5, 0.6) is 0 Å². The van der Waals surface area contributed by atoms with Crippen LogP contribution in [0.4, 0.5) is 0 Å². The summed E-state index contributed by atoms with van der Waals surface area (Å²) in [6.07, 6.45) is 11.3. The highest BCUT2D eigenvalue weighted by molar-refractivity contribution is 5.85. The zero-order valence-corrected chi connectivity index (χ0v) is 22.3. The number of rotatable bonds is 2. The molecule has 5 aliphatic carbocycles. The molecule has 4 nitrogen and oxygen atoms in total. The number of ketones is 1. The summed E-state index contributed by atoms with van der Waals surface area (Å²) < 4.78 is 0. The molecule has 190 valence electrons. The summed E-state index contributed by atoms with van der Waals surface area (Å²) in [6.45, 7) is 14.1. The van der Waals surface area contributed by atoms with Gasteiger partial charge in [0.1, 0.15) is 5.78 Å². The van der Waals surface area contributed by atoms with E-state index in [1.54, 1.807) is 0 Å². The minimum absolute atomic E-state index is 0.0160. The number of aliphatic hydroxyl groups excluding tert-OH is 1. The Morgan fingerprint density at radius 1 is 0.971 bits per heavy atom. The van der Waals surface area contributed by atoms with E-state index in [0.29, 0.717) is 30.5 Å². The maximum atomic E-state index is 12.9. The quantitative estimate of drug-likeness (QED) is 0.457. The smallest absolute Gasteiger partial charge is 0.310 e. The van der Waals surface area contributed by atoms with Crippen molar-refractivity contribution in [1.82, 2.24) is 0 Å². The molecule has 0 bridgehead atoms. The van der Waals surface area contributed by atoms with Crippen LogP contribution in [-0.2, 0) is 9.59 Å². The van der Waals surface area contributed by atoms with Crippen molar-refractivity contribution in [3.63, 3.8) is 0 Å². The zero-order valence-electron chi connectivity index (χ0n) is 22.3. The molecule has 34 heavy (non-hydrogen) atoms. The van der Waals surface area contributed by atoms with E-state index in [1.165, 1.54) is 5.57 Å². The van der Waals surface area contributed by atoms with Crippen molar-refractivity contribution >= 4 is 11.8 Å². The van der Waals surface area contributed by atoms with Gasteiger partial charge in [0.05, 0.1) is 5.41 Å². The van der Waals surface area contributed by atoms with Crippen molar-refractivity contribution in [2.24, 2.45) is 50.2 Å². The summed E-state index contributed by atoms with van der Waals surface area (Å²) >= 11 is 0. The normalized spacial score (nSPS) is 51.9. The summed E-state index contributed by atoms with van der Waals surface area (Å²) in [5.74, 6) is 0.765. The van der Waals surface area contributed by atoms with Gasteiger partial charge >= 0.3 is 5.97 Å². The Balaban J connectivity index is 1.60. The first-order valence-electron chi connectivity index (χ1n) is 13.8. The molecule has 8 atom stereocenters. The van der Waals surface area contributed by atoms with Crippen molar-refractivity contribution in [2.45, 2.75) is 106 Å². The fourth-order valence-electron chi connectivity index (χ4n) is 10.5. The predicted octanol–water partition coefficient (Wildman–Crippen LogP) is 6.41.